The Kier molecular flexibility index (Phi) is 2.14. The van der Waals surface area contributed by atoms with Crippen LogP contribution in [-0.2, 0) is 0 Å². The molecule has 0 bridgehead atoms. The predicted molar refractivity (Wildman–Crippen MR) is 39.4 cm³/mol. The molecule has 0 saturated carbocycles. The minimum Gasteiger partial charge on any atom is -0.503 e. The van der Waals surface area contributed by atoms with Gasteiger partial charge in [0.15, 0.2) is 11.5 Å². The topological polar surface area (TPSA) is 79.7 Å². The summed E-state index contributed by atoms with van der Waals surface area (Å²) in [6, 6.07) is 0. The van der Waals surface area contributed by atoms with Crippen LogP contribution in [0.4, 0.5) is 0 Å². The fraction of sp³-hybridized carbons (Fsp3) is 0.143. The maximum Gasteiger partial charge on any atom is 0.341 e. The van der Waals surface area contributed by atoms with E-state index in [9.17, 15) is 4.79 Å². The number of carbonyl (C=O) groups is 1. The molecular weight excluding hydrogens is 162 g/mol. The standard InChI is InChI=1S/C7H7NO4/c1-12-6-4(7(10)11)2-8-3-5(6)9/h2-3,9H,1H3,(H,10,11). The Morgan fingerprint density at radius 1 is 1.58 bits per heavy atom. The number of carboxylic acids is 1. The Morgan fingerprint density at radius 2 is 2.25 bits per heavy atom. The lowest BCUT2D eigenvalue weighted by Gasteiger charge is -2.04. The Morgan fingerprint density at radius 3 is 2.67 bits per heavy atom. The van der Waals surface area contributed by atoms with Crippen LogP contribution in [0.5, 0.6) is 11.5 Å². The van der Waals surface area contributed by atoms with Gasteiger partial charge in [-0.15, -0.1) is 0 Å². The average Bonchev–Trinajstić information content (AvgIpc) is 2.03. The Balaban J connectivity index is 3.27. The number of rotatable bonds is 2. The van der Waals surface area contributed by atoms with E-state index < -0.39 is 5.97 Å². The van der Waals surface area contributed by atoms with Crippen LogP contribution in [0.25, 0.3) is 0 Å². The molecule has 64 valence electrons. The maximum atomic E-state index is 10.5. The van der Waals surface area contributed by atoms with Crippen molar-refractivity contribution in [3.05, 3.63) is 18.0 Å². The van der Waals surface area contributed by atoms with Crippen LogP contribution in [-0.4, -0.2) is 28.3 Å². The molecule has 5 heteroatoms. The SMILES string of the molecule is COc1c(O)cncc1C(=O)O. The van der Waals surface area contributed by atoms with Crippen molar-refractivity contribution in [3.8, 4) is 11.5 Å². The second kappa shape index (κ2) is 3.08. The zero-order valence-corrected chi connectivity index (χ0v) is 6.31. The highest BCUT2D eigenvalue weighted by Crippen LogP contribution is 2.27. The Hall–Kier alpha value is -1.78. The van der Waals surface area contributed by atoms with Crippen molar-refractivity contribution >= 4 is 5.97 Å². The van der Waals surface area contributed by atoms with Gasteiger partial charge in [-0.25, -0.2) is 4.79 Å². The third-order valence-electron chi connectivity index (χ3n) is 1.31. The van der Waals surface area contributed by atoms with E-state index in [0.717, 1.165) is 12.4 Å². The third-order valence-corrected chi connectivity index (χ3v) is 1.31. The second-order valence-electron chi connectivity index (χ2n) is 2.04. The fourth-order valence-electron chi connectivity index (χ4n) is 0.805. The molecule has 5 nitrogen and oxygen atoms in total. The number of ether oxygens (including phenoxy) is 1. The number of methoxy groups -OCH3 is 1. The lowest BCUT2D eigenvalue weighted by Crippen LogP contribution is -2.01. The number of aromatic nitrogens is 1. The van der Waals surface area contributed by atoms with E-state index in [-0.39, 0.29) is 17.1 Å². The van der Waals surface area contributed by atoms with Gasteiger partial charge in [-0.05, 0) is 0 Å². The van der Waals surface area contributed by atoms with Gasteiger partial charge < -0.3 is 14.9 Å². The summed E-state index contributed by atoms with van der Waals surface area (Å²) in [5.74, 6) is -1.54. The van der Waals surface area contributed by atoms with Gasteiger partial charge in [-0.2, -0.15) is 0 Å². The number of carboxylic acid groups (broad SMARTS) is 1. The molecule has 0 aliphatic carbocycles. The van der Waals surface area contributed by atoms with Crippen LogP contribution in [0.1, 0.15) is 10.4 Å². The second-order valence-corrected chi connectivity index (χ2v) is 2.04. The zero-order valence-electron chi connectivity index (χ0n) is 6.31. The summed E-state index contributed by atoms with van der Waals surface area (Å²) < 4.78 is 4.67. The molecule has 0 spiro atoms. The maximum absolute atomic E-state index is 10.5. The molecule has 0 aromatic carbocycles. The molecule has 1 aromatic heterocycles. The van der Waals surface area contributed by atoms with E-state index in [4.69, 9.17) is 10.2 Å². The molecule has 0 amide bonds. The lowest BCUT2D eigenvalue weighted by molar-refractivity contribution is 0.0692. The van der Waals surface area contributed by atoms with Gasteiger partial charge in [0.2, 0.25) is 0 Å². The molecule has 0 unspecified atom stereocenters. The van der Waals surface area contributed by atoms with Crippen molar-refractivity contribution in [1.82, 2.24) is 4.98 Å². The van der Waals surface area contributed by atoms with E-state index in [1.165, 1.54) is 7.11 Å². The van der Waals surface area contributed by atoms with Crippen molar-refractivity contribution in [2.45, 2.75) is 0 Å². The Bertz CT molecular complexity index is 310. The van der Waals surface area contributed by atoms with E-state index in [1.54, 1.807) is 0 Å². The van der Waals surface area contributed by atoms with Gasteiger partial charge >= 0.3 is 5.97 Å². The van der Waals surface area contributed by atoms with Gasteiger partial charge in [0, 0.05) is 6.20 Å². The van der Waals surface area contributed by atoms with Gasteiger partial charge in [0.1, 0.15) is 5.56 Å². The van der Waals surface area contributed by atoms with Crippen LogP contribution >= 0.6 is 0 Å². The predicted octanol–water partition coefficient (Wildman–Crippen LogP) is 0.494. The third kappa shape index (κ3) is 1.29. The van der Waals surface area contributed by atoms with E-state index in [2.05, 4.69) is 9.72 Å². The smallest absolute Gasteiger partial charge is 0.341 e. The molecule has 0 radical (unpaired) electrons. The summed E-state index contributed by atoms with van der Waals surface area (Å²) in [6.07, 6.45) is 2.23. The molecule has 12 heavy (non-hydrogen) atoms. The highest BCUT2D eigenvalue weighted by molar-refractivity contribution is 5.91. The average molecular weight is 169 g/mol. The van der Waals surface area contributed by atoms with Crippen molar-refractivity contribution in [3.63, 3.8) is 0 Å². The van der Waals surface area contributed by atoms with Crippen LogP contribution in [0.15, 0.2) is 12.4 Å². The minimum absolute atomic E-state index is 0.0718. The number of nitrogens with zero attached hydrogens (tertiary/aromatic N) is 1. The molecule has 1 rings (SSSR count). The van der Waals surface area contributed by atoms with Gasteiger partial charge in [0.25, 0.3) is 0 Å². The molecule has 0 aliphatic rings. The van der Waals surface area contributed by atoms with Gasteiger partial charge in [-0.3, -0.25) is 4.98 Å². The summed E-state index contributed by atoms with van der Waals surface area (Å²) in [7, 11) is 1.28. The van der Waals surface area contributed by atoms with Crippen molar-refractivity contribution in [2.24, 2.45) is 0 Å². The molecule has 0 saturated heterocycles. The van der Waals surface area contributed by atoms with Crippen LogP contribution < -0.4 is 4.74 Å². The van der Waals surface area contributed by atoms with E-state index >= 15 is 0 Å². The van der Waals surface area contributed by atoms with Crippen LogP contribution in [0.2, 0.25) is 0 Å². The first kappa shape index (κ1) is 8.32. The monoisotopic (exact) mass is 169 g/mol. The fourth-order valence-corrected chi connectivity index (χ4v) is 0.805. The lowest BCUT2D eigenvalue weighted by atomic mass is 10.2. The highest BCUT2D eigenvalue weighted by Gasteiger charge is 2.14. The normalized spacial score (nSPS) is 9.42. The van der Waals surface area contributed by atoms with E-state index in [1.807, 2.05) is 0 Å². The molecule has 0 atom stereocenters. The summed E-state index contributed by atoms with van der Waals surface area (Å²) >= 11 is 0. The van der Waals surface area contributed by atoms with E-state index in [0.29, 0.717) is 0 Å². The number of hydrogen-bond donors (Lipinski definition) is 2. The van der Waals surface area contributed by atoms with Crippen LogP contribution in [0, 0.1) is 0 Å². The molecule has 1 heterocycles. The van der Waals surface area contributed by atoms with Crippen molar-refractivity contribution in [2.75, 3.05) is 7.11 Å². The quantitative estimate of drug-likeness (QED) is 0.673. The summed E-state index contributed by atoms with van der Waals surface area (Å²) in [5, 5.41) is 17.7. The number of aromatic hydroxyl groups is 1. The molecule has 2 N–H and O–H groups in total. The van der Waals surface area contributed by atoms with Gasteiger partial charge in [-0.1, -0.05) is 0 Å². The zero-order chi connectivity index (χ0) is 9.14. The van der Waals surface area contributed by atoms with Crippen LogP contribution in [0.3, 0.4) is 0 Å². The highest BCUT2D eigenvalue weighted by atomic mass is 16.5. The Labute approximate surface area is 68.2 Å². The molecule has 1 aromatic rings. The molecule has 0 fully saturated rings. The first-order valence-corrected chi connectivity index (χ1v) is 3.11. The summed E-state index contributed by atoms with van der Waals surface area (Å²) in [4.78, 5) is 14.0. The summed E-state index contributed by atoms with van der Waals surface area (Å²) in [6.45, 7) is 0. The number of hydrogen-bond acceptors (Lipinski definition) is 4. The van der Waals surface area contributed by atoms with Gasteiger partial charge in [0.05, 0.1) is 13.3 Å². The minimum atomic E-state index is -1.18. The molecular formula is C7H7NO4. The van der Waals surface area contributed by atoms with Crippen molar-refractivity contribution in [1.29, 1.82) is 0 Å². The number of aromatic carboxylic acids is 1. The number of pyridine rings is 1. The first-order chi connectivity index (χ1) is 5.66. The largest absolute Gasteiger partial charge is 0.503 e. The molecule has 0 aliphatic heterocycles. The van der Waals surface area contributed by atoms with Crippen molar-refractivity contribution < 1.29 is 19.7 Å². The first-order valence-electron chi connectivity index (χ1n) is 3.11. The summed E-state index contributed by atoms with van der Waals surface area (Å²) in [5.41, 5.74) is -0.155.